The lowest BCUT2D eigenvalue weighted by Gasteiger charge is -2.29. The van der Waals surface area contributed by atoms with Crippen molar-refractivity contribution in [3.63, 3.8) is 0 Å². The molecule has 3 heteroatoms. The molecule has 0 saturated heterocycles. The van der Waals surface area contributed by atoms with Crippen molar-refractivity contribution in [2.24, 2.45) is 5.73 Å². The highest BCUT2D eigenvalue weighted by molar-refractivity contribution is 4.76. The van der Waals surface area contributed by atoms with Gasteiger partial charge in [-0.2, -0.15) is 0 Å². The summed E-state index contributed by atoms with van der Waals surface area (Å²) in [5.74, 6) is 0. The van der Waals surface area contributed by atoms with Crippen LogP contribution in [0.1, 0.15) is 27.7 Å². The van der Waals surface area contributed by atoms with E-state index in [4.69, 9.17) is 15.2 Å². The highest BCUT2D eigenvalue weighted by atomic mass is 16.7. The lowest BCUT2D eigenvalue weighted by atomic mass is 10.1. The highest BCUT2D eigenvalue weighted by Gasteiger charge is 2.25. The summed E-state index contributed by atoms with van der Waals surface area (Å²) in [4.78, 5) is 0. The molecule has 0 aromatic heterocycles. The van der Waals surface area contributed by atoms with Gasteiger partial charge in [0, 0.05) is 13.2 Å². The SMILES string of the molecule is CCOC(OCC)C(C)(C)N. The van der Waals surface area contributed by atoms with Gasteiger partial charge in [-0.25, -0.2) is 0 Å². The minimum atomic E-state index is -0.425. The van der Waals surface area contributed by atoms with Gasteiger partial charge in [-0.3, -0.25) is 0 Å². The third-order valence-electron chi connectivity index (χ3n) is 1.24. The molecule has 0 spiro atoms. The Bertz CT molecular complexity index is 92.8. The van der Waals surface area contributed by atoms with E-state index in [9.17, 15) is 0 Å². The fourth-order valence-corrected chi connectivity index (χ4v) is 0.780. The predicted octanol–water partition coefficient (Wildman–Crippen LogP) is 1.12. The Balaban J connectivity index is 3.88. The second-order valence-corrected chi connectivity index (χ2v) is 3.06. The molecule has 0 rings (SSSR count). The molecule has 0 amide bonds. The average molecular weight is 161 g/mol. The van der Waals surface area contributed by atoms with E-state index in [0.717, 1.165) is 0 Å². The maximum atomic E-state index is 5.80. The van der Waals surface area contributed by atoms with E-state index in [0.29, 0.717) is 13.2 Å². The molecule has 0 radical (unpaired) electrons. The molecule has 0 heterocycles. The van der Waals surface area contributed by atoms with Gasteiger partial charge in [0.15, 0.2) is 6.29 Å². The molecule has 0 bridgehead atoms. The Kier molecular flexibility index (Phi) is 4.65. The zero-order valence-electron chi connectivity index (χ0n) is 7.89. The molecule has 68 valence electrons. The normalized spacial score (nSPS) is 12.5. The van der Waals surface area contributed by atoms with E-state index >= 15 is 0 Å². The van der Waals surface area contributed by atoms with E-state index in [1.807, 2.05) is 27.7 Å². The van der Waals surface area contributed by atoms with Crippen LogP contribution >= 0.6 is 0 Å². The molecule has 3 nitrogen and oxygen atoms in total. The molecule has 2 N–H and O–H groups in total. The van der Waals surface area contributed by atoms with Gasteiger partial charge in [0.2, 0.25) is 0 Å². The van der Waals surface area contributed by atoms with Crippen LogP contribution in [0.2, 0.25) is 0 Å². The van der Waals surface area contributed by atoms with Crippen LogP contribution in [-0.4, -0.2) is 25.0 Å². The van der Waals surface area contributed by atoms with E-state index in [2.05, 4.69) is 0 Å². The third kappa shape index (κ3) is 4.35. The van der Waals surface area contributed by atoms with Gasteiger partial charge in [-0.05, 0) is 27.7 Å². The molecular formula is C8H19NO2. The van der Waals surface area contributed by atoms with E-state index < -0.39 is 5.54 Å². The fraction of sp³-hybridized carbons (Fsp3) is 1.00. The smallest absolute Gasteiger partial charge is 0.174 e. The van der Waals surface area contributed by atoms with Gasteiger partial charge in [0.1, 0.15) is 0 Å². The first-order valence-electron chi connectivity index (χ1n) is 4.04. The van der Waals surface area contributed by atoms with Crippen molar-refractivity contribution in [2.45, 2.75) is 39.5 Å². The van der Waals surface area contributed by atoms with E-state index in [1.54, 1.807) is 0 Å². The largest absolute Gasteiger partial charge is 0.351 e. The molecule has 0 aromatic rings. The molecule has 0 aliphatic rings. The zero-order valence-corrected chi connectivity index (χ0v) is 7.89. The van der Waals surface area contributed by atoms with Crippen molar-refractivity contribution in [3.05, 3.63) is 0 Å². The molecule has 0 unspecified atom stereocenters. The fourth-order valence-electron chi connectivity index (χ4n) is 0.780. The molecule has 0 fully saturated rings. The molecule has 0 aliphatic heterocycles. The molecule has 0 aliphatic carbocycles. The maximum Gasteiger partial charge on any atom is 0.174 e. The van der Waals surface area contributed by atoms with Crippen molar-refractivity contribution in [2.75, 3.05) is 13.2 Å². The number of hydrogen-bond donors (Lipinski definition) is 1. The van der Waals surface area contributed by atoms with Crippen LogP contribution in [0, 0.1) is 0 Å². The van der Waals surface area contributed by atoms with Crippen LogP contribution in [0.4, 0.5) is 0 Å². The van der Waals surface area contributed by atoms with Gasteiger partial charge in [0.05, 0.1) is 5.54 Å². The van der Waals surface area contributed by atoms with Crippen LogP contribution in [0.15, 0.2) is 0 Å². The van der Waals surface area contributed by atoms with Crippen molar-refractivity contribution in [1.82, 2.24) is 0 Å². The Morgan fingerprint density at radius 2 is 1.55 bits per heavy atom. The van der Waals surface area contributed by atoms with Crippen LogP contribution in [0.3, 0.4) is 0 Å². The molecule has 11 heavy (non-hydrogen) atoms. The first kappa shape index (κ1) is 10.9. The van der Waals surface area contributed by atoms with Crippen molar-refractivity contribution in [1.29, 1.82) is 0 Å². The van der Waals surface area contributed by atoms with Crippen LogP contribution in [0.25, 0.3) is 0 Å². The van der Waals surface area contributed by atoms with E-state index in [-0.39, 0.29) is 6.29 Å². The Morgan fingerprint density at radius 3 is 1.73 bits per heavy atom. The second-order valence-electron chi connectivity index (χ2n) is 3.06. The summed E-state index contributed by atoms with van der Waals surface area (Å²) in [7, 11) is 0. The summed E-state index contributed by atoms with van der Waals surface area (Å²) < 4.78 is 10.6. The topological polar surface area (TPSA) is 44.5 Å². The lowest BCUT2D eigenvalue weighted by molar-refractivity contribution is -0.167. The molecule has 0 aromatic carbocycles. The minimum absolute atomic E-state index is 0.294. The van der Waals surface area contributed by atoms with Gasteiger partial charge in [-0.15, -0.1) is 0 Å². The number of nitrogens with two attached hydrogens (primary N) is 1. The Labute approximate surface area is 68.9 Å². The lowest BCUT2D eigenvalue weighted by Crippen LogP contribution is -2.48. The monoisotopic (exact) mass is 161 g/mol. The third-order valence-corrected chi connectivity index (χ3v) is 1.24. The molecule has 0 atom stereocenters. The van der Waals surface area contributed by atoms with Gasteiger partial charge >= 0.3 is 0 Å². The summed E-state index contributed by atoms with van der Waals surface area (Å²) in [5.41, 5.74) is 5.38. The highest BCUT2D eigenvalue weighted by Crippen LogP contribution is 2.10. The Morgan fingerprint density at radius 1 is 1.18 bits per heavy atom. The summed E-state index contributed by atoms with van der Waals surface area (Å²) in [6.45, 7) is 8.90. The van der Waals surface area contributed by atoms with Crippen molar-refractivity contribution >= 4 is 0 Å². The number of ether oxygens (including phenoxy) is 2. The maximum absolute atomic E-state index is 5.80. The quantitative estimate of drug-likeness (QED) is 0.614. The number of rotatable bonds is 5. The first-order valence-corrected chi connectivity index (χ1v) is 4.04. The Hall–Kier alpha value is -0.120. The minimum Gasteiger partial charge on any atom is -0.351 e. The summed E-state index contributed by atoms with van der Waals surface area (Å²) >= 11 is 0. The molecular weight excluding hydrogens is 142 g/mol. The standard InChI is InChI=1S/C8H19NO2/c1-5-10-7(11-6-2)8(3,4)9/h7H,5-6,9H2,1-4H3. The van der Waals surface area contributed by atoms with Crippen LogP contribution in [-0.2, 0) is 9.47 Å². The van der Waals surface area contributed by atoms with Gasteiger partial charge in [0.25, 0.3) is 0 Å². The molecule has 0 saturated carbocycles. The summed E-state index contributed by atoms with van der Waals surface area (Å²) in [6.07, 6.45) is -0.294. The number of hydrogen-bond acceptors (Lipinski definition) is 3. The predicted molar refractivity (Wildman–Crippen MR) is 45.3 cm³/mol. The van der Waals surface area contributed by atoms with Crippen molar-refractivity contribution in [3.8, 4) is 0 Å². The van der Waals surface area contributed by atoms with Gasteiger partial charge < -0.3 is 15.2 Å². The summed E-state index contributed by atoms with van der Waals surface area (Å²) in [6, 6.07) is 0. The van der Waals surface area contributed by atoms with Crippen LogP contribution in [0.5, 0.6) is 0 Å². The first-order chi connectivity index (χ1) is 5.02. The average Bonchev–Trinajstić information content (AvgIpc) is 1.85. The van der Waals surface area contributed by atoms with Gasteiger partial charge in [-0.1, -0.05) is 0 Å². The van der Waals surface area contributed by atoms with Crippen molar-refractivity contribution < 1.29 is 9.47 Å². The second kappa shape index (κ2) is 4.70. The van der Waals surface area contributed by atoms with E-state index in [1.165, 1.54) is 0 Å². The van der Waals surface area contributed by atoms with Crippen LogP contribution < -0.4 is 5.73 Å². The summed E-state index contributed by atoms with van der Waals surface area (Å²) in [5, 5.41) is 0. The zero-order chi connectivity index (χ0) is 8.91.